The van der Waals surface area contributed by atoms with Gasteiger partial charge in [-0.1, -0.05) is 17.7 Å². The predicted octanol–water partition coefficient (Wildman–Crippen LogP) is 2.22. The molecule has 0 radical (unpaired) electrons. The second-order valence-electron chi connectivity index (χ2n) is 4.38. The molecule has 100 valence electrons. The summed E-state index contributed by atoms with van der Waals surface area (Å²) in [6.45, 7) is 5.81. The molecular weight excluding hydrogens is 230 g/mol. The van der Waals surface area contributed by atoms with Gasteiger partial charge in [0, 0.05) is 11.6 Å². The van der Waals surface area contributed by atoms with Gasteiger partial charge in [0.1, 0.15) is 11.8 Å². The maximum Gasteiger partial charge on any atom is 0.322 e. The fourth-order valence-corrected chi connectivity index (χ4v) is 1.90. The standard InChI is InChI=1S/C14H21NO3/c1-9-6-7-13(17-4)12(8-9)10(2)15-11(3)14(16)18-5/h6-8,10-11,15H,1-5H3/t10?,11-/m0/s1. The SMILES string of the molecule is COC(=O)[C@H](C)NC(C)c1cc(C)ccc1OC. The molecule has 0 bridgehead atoms. The summed E-state index contributed by atoms with van der Waals surface area (Å²) in [6, 6.07) is 5.65. The Kier molecular flexibility index (Phi) is 5.16. The molecule has 0 saturated heterocycles. The third-order valence-electron chi connectivity index (χ3n) is 2.91. The molecule has 4 heteroatoms. The van der Waals surface area contributed by atoms with Crippen LogP contribution >= 0.6 is 0 Å². The van der Waals surface area contributed by atoms with Crippen LogP contribution < -0.4 is 10.1 Å². The van der Waals surface area contributed by atoms with Crippen LogP contribution in [0.2, 0.25) is 0 Å². The van der Waals surface area contributed by atoms with Crippen molar-refractivity contribution >= 4 is 5.97 Å². The number of carbonyl (C=O) groups is 1. The van der Waals surface area contributed by atoms with E-state index in [-0.39, 0.29) is 18.1 Å². The van der Waals surface area contributed by atoms with E-state index in [0.717, 1.165) is 16.9 Å². The number of rotatable bonds is 5. The van der Waals surface area contributed by atoms with Crippen LogP contribution in [0.4, 0.5) is 0 Å². The van der Waals surface area contributed by atoms with Gasteiger partial charge in [0.25, 0.3) is 0 Å². The van der Waals surface area contributed by atoms with Crippen LogP contribution in [-0.2, 0) is 9.53 Å². The smallest absolute Gasteiger partial charge is 0.322 e. The van der Waals surface area contributed by atoms with Crippen LogP contribution in [0.1, 0.15) is 31.0 Å². The van der Waals surface area contributed by atoms with E-state index < -0.39 is 0 Å². The number of hydrogen-bond acceptors (Lipinski definition) is 4. The van der Waals surface area contributed by atoms with Gasteiger partial charge >= 0.3 is 5.97 Å². The predicted molar refractivity (Wildman–Crippen MR) is 70.8 cm³/mol. The molecule has 0 amide bonds. The lowest BCUT2D eigenvalue weighted by Crippen LogP contribution is -2.36. The monoisotopic (exact) mass is 251 g/mol. The van der Waals surface area contributed by atoms with Crippen molar-refractivity contribution in [2.24, 2.45) is 0 Å². The maximum atomic E-state index is 11.4. The van der Waals surface area contributed by atoms with E-state index in [4.69, 9.17) is 9.47 Å². The highest BCUT2D eigenvalue weighted by atomic mass is 16.5. The summed E-state index contributed by atoms with van der Waals surface area (Å²) < 4.78 is 10.0. The second kappa shape index (κ2) is 6.40. The molecule has 0 fully saturated rings. The van der Waals surface area contributed by atoms with Crippen molar-refractivity contribution < 1.29 is 14.3 Å². The largest absolute Gasteiger partial charge is 0.496 e. The fourth-order valence-electron chi connectivity index (χ4n) is 1.90. The molecule has 1 aromatic rings. The molecule has 0 aliphatic heterocycles. The molecule has 1 rings (SSSR count). The van der Waals surface area contributed by atoms with Gasteiger partial charge in [0.15, 0.2) is 0 Å². The third-order valence-corrected chi connectivity index (χ3v) is 2.91. The third kappa shape index (κ3) is 3.47. The van der Waals surface area contributed by atoms with Gasteiger partial charge in [-0.15, -0.1) is 0 Å². The van der Waals surface area contributed by atoms with E-state index in [1.54, 1.807) is 14.0 Å². The molecule has 2 atom stereocenters. The summed E-state index contributed by atoms with van der Waals surface area (Å²) in [5.74, 6) is 0.547. The highest BCUT2D eigenvalue weighted by Gasteiger charge is 2.18. The van der Waals surface area contributed by atoms with E-state index in [9.17, 15) is 4.79 Å². The zero-order chi connectivity index (χ0) is 13.7. The van der Waals surface area contributed by atoms with Crippen molar-refractivity contribution in [2.45, 2.75) is 32.9 Å². The first kappa shape index (κ1) is 14.5. The van der Waals surface area contributed by atoms with E-state index in [2.05, 4.69) is 11.4 Å². The van der Waals surface area contributed by atoms with Crippen molar-refractivity contribution in [3.05, 3.63) is 29.3 Å². The van der Waals surface area contributed by atoms with Crippen molar-refractivity contribution in [3.8, 4) is 5.75 Å². The van der Waals surface area contributed by atoms with Gasteiger partial charge in [-0.3, -0.25) is 10.1 Å². The molecule has 4 nitrogen and oxygen atoms in total. The van der Waals surface area contributed by atoms with Gasteiger partial charge in [-0.25, -0.2) is 0 Å². The number of aryl methyl sites for hydroxylation is 1. The van der Waals surface area contributed by atoms with Gasteiger partial charge in [0.2, 0.25) is 0 Å². The topological polar surface area (TPSA) is 47.6 Å². The van der Waals surface area contributed by atoms with Crippen LogP contribution in [0.5, 0.6) is 5.75 Å². The van der Waals surface area contributed by atoms with E-state index >= 15 is 0 Å². The Morgan fingerprint density at radius 2 is 1.94 bits per heavy atom. The number of esters is 1. The highest BCUT2D eigenvalue weighted by molar-refractivity contribution is 5.75. The van der Waals surface area contributed by atoms with E-state index in [0.29, 0.717) is 0 Å². The lowest BCUT2D eigenvalue weighted by Gasteiger charge is -2.21. The van der Waals surface area contributed by atoms with Crippen LogP contribution in [0, 0.1) is 6.92 Å². The molecule has 0 aliphatic rings. The summed E-state index contributed by atoms with van der Waals surface area (Å²) in [5, 5.41) is 3.19. The Morgan fingerprint density at radius 1 is 1.28 bits per heavy atom. The molecule has 0 aromatic heterocycles. The number of benzene rings is 1. The minimum absolute atomic E-state index is 0.00829. The Morgan fingerprint density at radius 3 is 2.50 bits per heavy atom. The minimum atomic E-state index is -0.352. The Hall–Kier alpha value is -1.55. The van der Waals surface area contributed by atoms with Gasteiger partial charge in [-0.2, -0.15) is 0 Å². The lowest BCUT2D eigenvalue weighted by atomic mass is 10.0. The van der Waals surface area contributed by atoms with E-state index in [1.165, 1.54) is 7.11 Å². The van der Waals surface area contributed by atoms with Crippen LogP contribution in [0.25, 0.3) is 0 Å². The molecule has 0 heterocycles. The quantitative estimate of drug-likeness (QED) is 0.815. The number of nitrogens with one attached hydrogen (secondary N) is 1. The molecule has 0 spiro atoms. The van der Waals surface area contributed by atoms with Crippen LogP contribution in [-0.4, -0.2) is 26.2 Å². The first-order valence-electron chi connectivity index (χ1n) is 5.98. The normalized spacial score (nSPS) is 13.8. The summed E-state index contributed by atoms with van der Waals surface area (Å²) in [6.07, 6.45) is 0. The first-order valence-corrected chi connectivity index (χ1v) is 5.98. The molecule has 1 N–H and O–H groups in total. The highest BCUT2D eigenvalue weighted by Crippen LogP contribution is 2.26. The zero-order valence-corrected chi connectivity index (χ0v) is 11.6. The number of ether oxygens (including phenoxy) is 2. The minimum Gasteiger partial charge on any atom is -0.496 e. The van der Waals surface area contributed by atoms with Crippen molar-refractivity contribution in [2.75, 3.05) is 14.2 Å². The average molecular weight is 251 g/mol. The Balaban J connectivity index is 2.86. The molecule has 1 unspecified atom stereocenters. The Bertz CT molecular complexity index is 418. The molecule has 0 aliphatic carbocycles. The van der Waals surface area contributed by atoms with Crippen molar-refractivity contribution in [1.82, 2.24) is 5.32 Å². The fraction of sp³-hybridized carbons (Fsp3) is 0.500. The van der Waals surface area contributed by atoms with E-state index in [1.807, 2.05) is 26.0 Å². The summed E-state index contributed by atoms with van der Waals surface area (Å²) >= 11 is 0. The average Bonchev–Trinajstić information content (AvgIpc) is 2.37. The van der Waals surface area contributed by atoms with Gasteiger partial charge in [-0.05, 0) is 26.8 Å². The first-order chi connectivity index (χ1) is 8.49. The van der Waals surface area contributed by atoms with Crippen molar-refractivity contribution in [3.63, 3.8) is 0 Å². The summed E-state index contributed by atoms with van der Waals surface area (Å²) in [4.78, 5) is 11.4. The van der Waals surface area contributed by atoms with Gasteiger partial charge < -0.3 is 9.47 Å². The summed E-state index contributed by atoms with van der Waals surface area (Å²) in [5.41, 5.74) is 2.19. The second-order valence-corrected chi connectivity index (χ2v) is 4.38. The Labute approximate surface area is 108 Å². The zero-order valence-electron chi connectivity index (χ0n) is 11.6. The maximum absolute atomic E-state index is 11.4. The summed E-state index contributed by atoms with van der Waals surface area (Å²) in [7, 11) is 3.03. The molecule has 1 aromatic carbocycles. The van der Waals surface area contributed by atoms with Gasteiger partial charge in [0.05, 0.1) is 14.2 Å². The number of methoxy groups -OCH3 is 2. The van der Waals surface area contributed by atoms with Crippen LogP contribution in [0.15, 0.2) is 18.2 Å². The number of hydrogen-bond donors (Lipinski definition) is 1. The molecular formula is C14H21NO3. The number of carbonyl (C=O) groups excluding carboxylic acids is 1. The van der Waals surface area contributed by atoms with Crippen LogP contribution in [0.3, 0.4) is 0 Å². The van der Waals surface area contributed by atoms with Crippen molar-refractivity contribution in [1.29, 1.82) is 0 Å². The molecule has 0 saturated carbocycles. The lowest BCUT2D eigenvalue weighted by molar-refractivity contribution is -0.142. The molecule has 18 heavy (non-hydrogen) atoms.